The number of primary amides is 1. The van der Waals surface area contributed by atoms with Crippen LogP contribution in [-0.2, 0) is 4.79 Å². The first kappa shape index (κ1) is 15.1. The lowest BCUT2D eigenvalue weighted by Crippen LogP contribution is -2.49. The van der Waals surface area contributed by atoms with Gasteiger partial charge < -0.3 is 16.0 Å². The monoisotopic (exact) mass is 309 g/mol. The van der Waals surface area contributed by atoms with Crippen molar-refractivity contribution in [3.63, 3.8) is 0 Å². The molecule has 0 radical (unpaired) electrons. The molecule has 0 saturated carbocycles. The standard InChI is InChI=1S/C18H19N3O2/c1-11-7-8-13(12(2)9-11)17-20-18(23)14-5-3-4-6-15(14)21(17)10-16(19)22/h3-9,17H,10H2,1-2H3,(H2,19,22)(H,20,23)/t17-/m1/s1. The normalized spacial score (nSPS) is 16.7. The SMILES string of the molecule is Cc1ccc([C@@H]2NC(=O)c3ccccc3N2CC(N)=O)c(C)c1. The van der Waals surface area contributed by atoms with Crippen molar-refractivity contribution in [3.05, 3.63) is 64.7 Å². The lowest BCUT2D eigenvalue weighted by atomic mass is 9.98. The van der Waals surface area contributed by atoms with Crippen molar-refractivity contribution >= 4 is 17.5 Å². The summed E-state index contributed by atoms with van der Waals surface area (Å²) in [7, 11) is 0. The molecule has 0 aromatic heterocycles. The Morgan fingerprint density at radius 1 is 1.22 bits per heavy atom. The van der Waals surface area contributed by atoms with Crippen LogP contribution >= 0.6 is 0 Å². The molecule has 118 valence electrons. The number of rotatable bonds is 3. The van der Waals surface area contributed by atoms with E-state index in [2.05, 4.69) is 11.4 Å². The molecule has 5 heteroatoms. The fourth-order valence-corrected chi connectivity index (χ4v) is 3.06. The van der Waals surface area contributed by atoms with Gasteiger partial charge in [-0.25, -0.2) is 0 Å². The molecule has 0 unspecified atom stereocenters. The van der Waals surface area contributed by atoms with E-state index >= 15 is 0 Å². The first-order valence-corrected chi connectivity index (χ1v) is 7.49. The molecule has 3 N–H and O–H groups in total. The molecule has 1 atom stereocenters. The fraction of sp³-hybridized carbons (Fsp3) is 0.222. The molecule has 1 aliphatic rings. The Kier molecular flexibility index (Phi) is 3.78. The molecule has 23 heavy (non-hydrogen) atoms. The summed E-state index contributed by atoms with van der Waals surface area (Å²) in [5.41, 5.74) is 9.86. The zero-order valence-corrected chi connectivity index (χ0v) is 13.2. The highest BCUT2D eigenvalue weighted by molar-refractivity contribution is 6.02. The predicted octanol–water partition coefficient (Wildman–Crippen LogP) is 2.04. The van der Waals surface area contributed by atoms with Crippen molar-refractivity contribution in [2.75, 3.05) is 11.4 Å². The molecule has 1 aliphatic heterocycles. The minimum absolute atomic E-state index is 0.0370. The number of aryl methyl sites for hydroxylation is 2. The molecular formula is C18H19N3O2. The predicted molar refractivity (Wildman–Crippen MR) is 89.1 cm³/mol. The molecule has 1 heterocycles. The lowest BCUT2D eigenvalue weighted by Gasteiger charge is -2.39. The Morgan fingerprint density at radius 2 is 1.96 bits per heavy atom. The highest BCUT2D eigenvalue weighted by atomic mass is 16.2. The number of benzene rings is 2. The molecule has 0 spiro atoms. The van der Waals surface area contributed by atoms with Gasteiger partial charge in [0.2, 0.25) is 5.91 Å². The third kappa shape index (κ3) is 2.77. The highest BCUT2D eigenvalue weighted by Crippen LogP contribution is 2.33. The van der Waals surface area contributed by atoms with Crippen LogP contribution in [0.25, 0.3) is 0 Å². The van der Waals surface area contributed by atoms with E-state index in [-0.39, 0.29) is 12.5 Å². The van der Waals surface area contributed by atoms with Crippen LogP contribution in [0.2, 0.25) is 0 Å². The van der Waals surface area contributed by atoms with Crippen LogP contribution in [0.15, 0.2) is 42.5 Å². The number of carbonyl (C=O) groups is 2. The third-order valence-corrected chi connectivity index (χ3v) is 4.08. The Labute approximate surface area is 135 Å². The Morgan fingerprint density at radius 3 is 2.65 bits per heavy atom. The fourth-order valence-electron chi connectivity index (χ4n) is 3.06. The van der Waals surface area contributed by atoms with Crippen LogP contribution < -0.4 is 16.0 Å². The van der Waals surface area contributed by atoms with Gasteiger partial charge in [0.15, 0.2) is 0 Å². The van der Waals surface area contributed by atoms with E-state index in [4.69, 9.17) is 5.73 Å². The molecule has 0 bridgehead atoms. The van der Waals surface area contributed by atoms with Gasteiger partial charge in [-0.05, 0) is 37.1 Å². The topological polar surface area (TPSA) is 75.4 Å². The van der Waals surface area contributed by atoms with Gasteiger partial charge in [-0.2, -0.15) is 0 Å². The number of anilines is 1. The number of carbonyl (C=O) groups excluding carboxylic acids is 2. The highest BCUT2D eigenvalue weighted by Gasteiger charge is 2.32. The zero-order valence-electron chi connectivity index (χ0n) is 13.2. The first-order chi connectivity index (χ1) is 11.0. The summed E-state index contributed by atoms with van der Waals surface area (Å²) >= 11 is 0. The second-order valence-electron chi connectivity index (χ2n) is 5.85. The maximum atomic E-state index is 12.4. The molecule has 2 aromatic carbocycles. The quantitative estimate of drug-likeness (QED) is 0.911. The average molecular weight is 309 g/mol. The van der Waals surface area contributed by atoms with Crippen LogP contribution in [0.1, 0.15) is 33.2 Å². The Balaban J connectivity index is 2.12. The number of nitrogens with two attached hydrogens (primary N) is 1. The molecule has 0 saturated heterocycles. The van der Waals surface area contributed by atoms with Gasteiger partial charge in [-0.1, -0.05) is 35.9 Å². The number of nitrogens with zero attached hydrogens (tertiary/aromatic N) is 1. The van der Waals surface area contributed by atoms with E-state index in [0.29, 0.717) is 5.56 Å². The van der Waals surface area contributed by atoms with Crippen LogP contribution in [-0.4, -0.2) is 18.4 Å². The van der Waals surface area contributed by atoms with Gasteiger partial charge in [0.1, 0.15) is 6.17 Å². The summed E-state index contributed by atoms with van der Waals surface area (Å²) in [4.78, 5) is 25.8. The summed E-state index contributed by atoms with van der Waals surface area (Å²) in [6.45, 7) is 4.05. The first-order valence-electron chi connectivity index (χ1n) is 7.49. The second kappa shape index (κ2) is 5.76. The molecule has 2 aromatic rings. The van der Waals surface area contributed by atoms with Crippen LogP contribution in [0, 0.1) is 13.8 Å². The van der Waals surface area contributed by atoms with E-state index < -0.39 is 12.1 Å². The van der Waals surface area contributed by atoms with E-state index in [0.717, 1.165) is 22.4 Å². The van der Waals surface area contributed by atoms with Crippen LogP contribution in [0.3, 0.4) is 0 Å². The third-order valence-electron chi connectivity index (χ3n) is 4.08. The Hall–Kier alpha value is -2.82. The van der Waals surface area contributed by atoms with Gasteiger partial charge in [0.05, 0.1) is 17.8 Å². The average Bonchev–Trinajstić information content (AvgIpc) is 2.50. The van der Waals surface area contributed by atoms with Gasteiger partial charge in [-0.15, -0.1) is 0 Å². The second-order valence-corrected chi connectivity index (χ2v) is 5.85. The van der Waals surface area contributed by atoms with Crippen molar-refractivity contribution in [1.82, 2.24) is 5.32 Å². The number of hydrogen-bond acceptors (Lipinski definition) is 3. The molecule has 0 aliphatic carbocycles. The zero-order chi connectivity index (χ0) is 16.6. The van der Waals surface area contributed by atoms with Crippen LogP contribution in [0.5, 0.6) is 0 Å². The minimum Gasteiger partial charge on any atom is -0.368 e. The summed E-state index contributed by atoms with van der Waals surface area (Å²) in [6.07, 6.45) is -0.412. The van der Waals surface area contributed by atoms with Gasteiger partial charge in [-0.3, -0.25) is 9.59 Å². The number of para-hydroxylation sites is 1. The summed E-state index contributed by atoms with van der Waals surface area (Å²) in [6, 6.07) is 13.3. The maximum absolute atomic E-state index is 12.4. The maximum Gasteiger partial charge on any atom is 0.255 e. The summed E-state index contributed by atoms with van der Waals surface area (Å²) in [5, 5.41) is 2.98. The molecule has 3 rings (SSSR count). The van der Waals surface area contributed by atoms with E-state index in [1.807, 2.05) is 43.0 Å². The van der Waals surface area contributed by atoms with Crippen molar-refractivity contribution in [2.45, 2.75) is 20.0 Å². The molecule has 0 fully saturated rings. The van der Waals surface area contributed by atoms with Crippen molar-refractivity contribution < 1.29 is 9.59 Å². The van der Waals surface area contributed by atoms with Gasteiger partial charge in [0.25, 0.3) is 5.91 Å². The van der Waals surface area contributed by atoms with Gasteiger partial charge in [0, 0.05) is 0 Å². The largest absolute Gasteiger partial charge is 0.368 e. The van der Waals surface area contributed by atoms with Crippen molar-refractivity contribution in [1.29, 1.82) is 0 Å². The Bertz CT molecular complexity index is 786. The van der Waals surface area contributed by atoms with E-state index in [1.54, 1.807) is 12.1 Å². The molecule has 2 amide bonds. The summed E-state index contributed by atoms with van der Waals surface area (Å²) < 4.78 is 0. The van der Waals surface area contributed by atoms with E-state index in [9.17, 15) is 9.59 Å². The number of hydrogen-bond donors (Lipinski definition) is 2. The molecular weight excluding hydrogens is 290 g/mol. The molecule has 5 nitrogen and oxygen atoms in total. The summed E-state index contributed by atoms with van der Waals surface area (Å²) in [5.74, 6) is -0.586. The van der Waals surface area contributed by atoms with Crippen molar-refractivity contribution in [2.24, 2.45) is 5.73 Å². The lowest BCUT2D eigenvalue weighted by molar-refractivity contribution is -0.116. The minimum atomic E-state index is -0.439. The van der Waals surface area contributed by atoms with Crippen LogP contribution in [0.4, 0.5) is 5.69 Å². The number of fused-ring (bicyclic) bond motifs is 1. The number of nitrogens with one attached hydrogen (secondary N) is 1. The number of amides is 2. The smallest absolute Gasteiger partial charge is 0.255 e. The van der Waals surface area contributed by atoms with E-state index in [1.165, 1.54) is 0 Å². The van der Waals surface area contributed by atoms with Crippen molar-refractivity contribution in [3.8, 4) is 0 Å². The van der Waals surface area contributed by atoms with Gasteiger partial charge >= 0.3 is 0 Å².